The van der Waals surface area contributed by atoms with Gasteiger partial charge in [-0.05, 0) is 18.2 Å². The van der Waals surface area contributed by atoms with Crippen LogP contribution in [0.2, 0.25) is 5.02 Å². The fourth-order valence-corrected chi connectivity index (χ4v) is 3.29. The topological polar surface area (TPSA) is 92.3 Å². The van der Waals surface area contributed by atoms with E-state index in [1.165, 1.54) is 18.2 Å². The number of aliphatic hydroxyl groups excluding tert-OH is 1. The van der Waals surface area contributed by atoms with E-state index in [1.54, 1.807) is 6.07 Å². The zero-order chi connectivity index (χ0) is 20.4. The van der Waals surface area contributed by atoms with Crippen molar-refractivity contribution in [1.82, 2.24) is 15.0 Å². The third-order valence-corrected chi connectivity index (χ3v) is 4.96. The Morgan fingerprint density at radius 3 is 2.69 bits per heavy atom. The van der Waals surface area contributed by atoms with E-state index < -0.39 is 11.6 Å². The summed E-state index contributed by atoms with van der Waals surface area (Å²) in [6, 6.07) is 5.62. The Kier molecular flexibility index (Phi) is 5.79. The van der Waals surface area contributed by atoms with Gasteiger partial charge in [-0.1, -0.05) is 17.7 Å². The lowest BCUT2D eigenvalue weighted by atomic mass is 9.92. The predicted octanol–water partition coefficient (Wildman–Crippen LogP) is 3.42. The summed E-state index contributed by atoms with van der Waals surface area (Å²) >= 11 is 6.23. The van der Waals surface area contributed by atoms with E-state index in [1.807, 2.05) is 0 Å². The second-order valence-corrected chi connectivity index (χ2v) is 7.12. The van der Waals surface area contributed by atoms with Crippen molar-refractivity contribution in [2.45, 2.75) is 31.6 Å². The highest BCUT2D eigenvalue weighted by atomic mass is 35.5. The minimum atomic E-state index is -0.646. The van der Waals surface area contributed by atoms with E-state index in [2.05, 4.69) is 20.3 Å². The molecule has 0 amide bonds. The van der Waals surface area contributed by atoms with Crippen LogP contribution in [0.5, 0.6) is 6.01 Å². The lowest BCUT2D eigenvalue weighted by molar-refractivity contribution is -0.0708. The fraction of sp³-hybridized carbons (Fsp3) is 0.368. The molecule has 1 aliphatic carbocycles. The molecule has 7 nitrogen and oxygen atoms in total. The first-order valence-electron chi connectivity index (χ1n) is 9.15. The fourth-order valence-electron chi connectivity index (χ4n) is 3.08. The van der Waals surface area contributed by atoms with Crippen molar-refractivity contribution >= 4 is 28.6 Å². The Hall–Kier alpha value is -2.49. The van der Waals surface area contributed by atoms with Crippen LogP contribution in [0.25, 0.3) is 11.2 Å². The van der Waals surface area contributed by atoms with Crippen molar-refractivity contribution < 1.29 is 23.4 Å². The van der Waals surface area contributed by atoms with Crippen LogP contribution in [0.4, 0.5) is 14.6 Å². The maximum absolute atomic E-state index is 13.8. The first-order valence-corrected chi connectivity index (χ1v) is 9.53. The summed E-state index contributed by atoms with van der Waals surface area (Å²) < 4.78 is 38.7. The van der Waals surface area contributed by atoms with E-state index >= 15 is 0 Å². The minimum Gasteiger partial charge on any atom is -0.461 e. The van der Waals surface area contributed by atoms with Crippen molar-refractivity contribution in [2.75, 3.05) is 18.5 Å². The summed E-state index contributed by atoms with van der Waals surface area (Å²) in [5, 5.41) is 11.9. The van der Waals surface area contributed by atoms with Crippen molar-refractivity contribution in [3.05, 3.63) is 46.5 Å². The molecule has 0 spiro atoms. The molecule has 3 N–H and O–H groups in total. The zero-order valence-electron chi connectivity index (χ0n) is 15.3. The average Bonchev–Trinajstić information content (AvgIpc) is 3.04. The van der Waals surface area contributed by atoms with Crippen LogP contribution in [-0.4, -0.2) is 45.5 Å². The summed E-state index contributed by atoms with van der Waals surface area (Å²) in [6.45, 7) is 0.205. The summed E-state index contributed by atoms with van der Waals surface area (Å²) in [5.41, 5.74) is 0.854. The standard InChI is InChI=1S/C19H19ClF2N4O3/c20-13-8-16-18(25-17(13)23-9-12-14(21)2-1-3-15(12)22)26-19(24-16)29-11-6-10(7-11)28-5-4-27/h1-3,8,10-11,27H,4-7,9H2,(H2,23,24,25,26)/t10-,11+. The number of aliphatic hydroxyl groups is 1. The average molecular weight is 425 g/mol. The van der Waals surface area contributed by atoms with Gasteiger partial charge >= 0.3 is 0 Å². The molecule has 2 aromatic heterocycles. The molecular formula is C19H19ClF2N4O3. The Balaban J connectivity index is 1.42. The molecule has 154 valence electrons. The summed E-state index contributed by atoms with van der Waals surface area (Å²) in [5.74, 6) is -1.03. The molecular weight excluding hydrogens is 406 g/mol. The molecule has 0 aliphatic heterocycles. The number of nitrogens with zero attached hydrogens (tertiary/aromatic N) is 2. The number of anilines is 1. The largest absolute Gasteiger partial charge is 0.461 e. The first kappa shape index (κ1) is 19.8. The van der Waals surface area contributed by atoms with E-state index in [9.17, 15) is 8.78 Å². The first-order chi connectivity index (χ1) is 14.0. The number of imidazole rings is 1. The van der Waals surface area contributed by atoms with Crippen molar-refractivity contribution in [2.24, 2.45) is 0 Å². The highest BCUT2D eigenvalue weighted by Crippen LogP contribution is 2.30. The molecule has 0 bridgehead atoms. The van der Waals surface area contributed by atoms with Gasteiger partial charge in [-0.3, -0.25) is 0 Å². The maximum Gasteiger partial charge on any atom is 0.296 e. The number of aromatic nitrogens is 3. The molecule has 4 rings (SSSR count). The monoisotopic (exact) mass is 424 g/mol. The van der Waals surface area contributed by atoms with Crippen LogP contribution in [0.3, 0.4) is 0 Å². The number of nitrogens with one attached hydrogen (secondary N) is 2. The number of benzene rings is 1. The highest BCUT2D eigenvalue weighted by molar-refractivity contribution is 6.33. The lowest BCUT2D eigenvalue weighted by Crippen LogP contribution is -2.40. The number of fused-ring (bicyclic) bond motifs is 1. The molecule has 10 heteroatoms. The van der Waals surface area contributed by atoms with Gasteiger partial charge in [0.1, 0.15) is 23.6 Å². The second kappa shape index (κ2) is 8.48. The van der Waals surface area contributed by atoms with Gasteiger partial charge in [0.2, 0.25) is 0 Å². The predicted molar refractivity (Wildman–Crippen MR) is 103 cm³/mol. The van der Waals surface area contributed by atoms with Gasteiger partial charge < -0.3 is 24.9 Å². The highest BCUT2D eigenvalue weighted by Gasteiger charge is 2.32. The Morgan fingerprint density at radius 2 is 1.97 bits per heavy atom. The van der Waals surface area contributed by atoms with Gasteiger partial charge in [0.15, 0.2) is 5.65 Å². The number of pyridine rings is 1. The van der Waals surface area contributed by atoms with Crippen LogP contribution in [-0.2, 0) is 11.3 Å². The number of aromatic amines is 1. The summed E-state index contributed by atoms with van der Waals surface area (Å²) in [6.07, 6.45) is 1.48. The molecule has 0 unspecified atom stereocenters. The molecule has 0 saturated heterocycles. The third kappa shape index (κ3) is 4.42. The number of hydrogen-bond donors (Lipinski definition) is 3. The Morgan fingerprint density at radius 1 is 1.21 bits per heavy atom. The zero-order valence-corrected chi connectivity index (χ0v) is 16.0. The quantitative estimate of drug-likeness (QED) is 0.513. The van der Waals surface area contributed by atoms with Gasteiger partial charge in [0, 0.05) is 24.9 Å². The molecule has 29 heavy (non-hydrogen) atoms. The summed E-state index contributed by atoms with van der Waals surface area (Å²) in [7, 11) is 0. The molecule has 1 fully saturated rings. The van der Waals surface area contributed by atoms with Gasteiger partial charge in [0.05, 0.1) is 29.9 Å². The van der Waals surface area contributed by atoms with Crippen molar-refractivity contribution in [3.63, 3.8) is 0 Å². The van der Waals surface area contributed by atoms with Gasteiger partial charge in [-0.15, -0.1) is 0 Å². The van der Waals surface area contributed by atoms with E-state index in [-0.39, 0.29) is 41.8 Å². The Labute approximate surface area is 170 Å². The normalized spacial score (nSPS) is 18.6. The number of ether oxygens (including phenoxy) is 2. The molecule has 2 heterocycles. The lowest BCUT2D eigenvalue weighted by Gasteiger charge is -2.34. The van der Waals surface area contributed by atoms with Crippen LogP contribution < -0.4 is 10.1 Å². The van der Waals surface area contributed by atoms with Crippen molar-refractivity contribution in [1.29, 1.82) is 0 Å². The van der Waals surface area contributed by atoms with Crippen molar-refractivity contribution in [3.8, 4) is 6.01 Å². The molecule has 0 radical (unpaired) electrons. The number of halogens is 3. The molecule has 1 aromatic carbocycles. The van der Waals surface area contributed by atoms with E-state index in [4.69, 9.17) is 26.2 Å². The SMILES string of the molecule is OCCO[C@H]1C[C@@H](Oc2nc3nc(NCc4c(F)cccc4F)c(Cl)cc3[nH]2)C1. The van der Waals surface area contributed by atoms with Gasteiger partial charge in [-0.2, -0.15) is 4.98 Å². The number of hydrogen-bond acceptors (Lipinski definition) is 6. The molecule has 0 atom stereocenters. The maximum atomic E-state index is 13.8. The molecule has 1 aliphatic rings. The minimum absolute atomic E-state index is 0.00203. The smallest absolute Gasteiger partial charge is 0.296 e. The second-order valence-electron chi connectivity index (χ2n) is 6.71. The van der Waals surface area contributed by atoms with Crippen LogP contribution in [0.15, 0.2) is 24.3 Å². The summed E-state index contributed by atoms with van der Waals surface area (Å²) in [4.78, 5) is 11.6. The van der Waals surface area contributed by atoms with Crippen LogP contribution in [0.1, 0.15) is 18.4 Å². The third-order valence-electron chi connectivity index (χ3n) is 4.67. The number of H-pyrrole nitrogens is 1. The van der Waals surface area contributed by atoms with Crippen LogP contribution in [0, 0.1) is 11.6 Å². The van der Waals surface area contributed by atoms with E-state index in [0.717, 1.165) is 0 Å². The van der Waals surface area contributed by atoms with Gasteiger partial charge in [0.25, 0.3) is 6.01 Å². The molecule has 1 saturated carbocycles. The van der Waals surface area contributed by atoms with Gasteiger partial charge in [-0.25, -0.2) is 13.8 Å². The molecule has 3 aromatic rings. The van der Waals surface area contributed by atoms with E-state index in [0.29, 0.717) is 36.6 Å². The van der Waals surface area contributed by atoms with Crippen LogP contribution >= 0.6 is 11.6 Å². The number of rotatable bonds is 8. The Bertz CT molecular complexity index is 990.